The van der Waals surface area contributed by atoms with E-state index in [1.54, 1.807) is 0 Å². The molecule has 0 saturated carbocycles. The molecule has 1 aliphatic rings. The van der Waals surface area contributed by atoms with Gasteiger partial charge in [0.25, 0.3) is 0 Å². The SMILES string of the molecule is N#Cc1cccc(N2CC(c3ccccc3)C2)c1. The minimum absolute atomic E-state index is 0.622. The van der Waals surface area contributed by atoms with Gasteiger partial charge in [-0.2, -0.15) is 5.26 Å². The number of anilines is 1. The lowest BCUT2D eigenvalue weighted by atomic mass is 9.91. The Hall–Kier alpha value is -2.27. The van der Waals surface area contributed by atoms with E-state index in [1.807, 2.05) is 18.2 Å². The van der Waals surface area contributed by atoms with Crippen LogP contribution >= 0.6 is 0 Å². The Labute approximate surface area is 107 Å². The molecule has 0 aliphatic carbocycles. The van der Waals surface area contributed by atoms with Crippen molar-refractivity contribution in [3.05, 3.63) is 65.7 Å². The lowest BCUT2D eigenvalue weighted by Crippen LogP contribution is -2.45. The van der Waals surface area contributed by atoms with Gasteiger partial charge < -0.3 is 4.90 Å². The summed E-state index contributed by atoms with van der Waals surface area (Å²) in [5.41, 5.74) is 3.29. The second-order valence-corrected chi connectivity index (χ2v) is 4.67. The molecular weight excluding hydrogens is 220 g/mol. The largest absolute Gasteiger partial charge is 0.370 e. The van der Waals surface area contributed by atoms with Gasteiger partial charge in [0.15, 0.2) is 0 Å². The van der Waals surface area contributed by atoms with Crippen LogP contribution in [0.5, 0.6) is 0 Å². The van der Waals surface area contributed by atoms with Crippen molar-refractivity contribution < 1.29 is 0 Å². The molecular formula is C16H14N2. The summed E-state index contributed by atoms with van der Waals surface area (Å²) >= 11 is 0. The molecule has 2 aromatic carbocycles. The highest BCUT2D eigenvalue weighted by Crippen LogP contribution is 2.31. The van der Waals surface area contributed by atoms with Crippen LogP contribution < -0.4 is 4.90 Å². The summed E-state index contributed by atoms with van der Waals surface area (Å²) in [5, 5.41) is 8.90. The zero-order valence-electron chi connectivity index (χ0n) is 10.1. The molecule has 0 unspecified atom stereocenters. The van der Waals surface area contributed by atoms with Crippen molar-refractivity contribution in [3.8, 4) is 6.07 Å². The van der Waals surface area contributed by atoms with Crippen LogP contribution in [0, 0.1) is 11.3 Å². The summed E-state index contributed by atoms with van der Waals surface area (Å²) in [4.78, 5) is 2.32. The standard InChI is InChI=1S/C16H14N2/c17-10-13-5-4-8-16(9-13)18-11-15(12-18)14-6-2-1-3-7-14/h1-9,15H,11-12H2. The van der Waals surface area contributed by atoms with Crippen molar-refractivity contribution in [2.75, 3.05) is 18.0 Å². The number of hydrogen-bond acceptors (Lipinski definition) is 2. The van der Waals surface area contributed by atoms with E-state index in [-0.39, 0.29) is 0 Å². The van der Waals surface area contributed by atoms with Crippen LogP contribution in [0.1, 0.15) is 17.0 Å². The van der Waals surface area contributed by atoms with Crippen LogP contribution in [0.2, 0.25) is 0 Å². The van der Waals surface area contributed by atoms with Gasteiger partial charge in [-0.05, 0) is 23.8 Å². The van der Waals surface area contributed by atoms with Crippen LogP contribution in [0.25, 0.3) is 0 Å². The Morgan fingerprint density at radius 1 is 1.00 bits per heavy atom. The second-order valence-electron chi connectivity index (χ2n) is 4.67. The molecule has 0 atom stereocenters. The van der Waals surface area contributed by atoms with Crippen molar-refractivity contribution >= 4 is 5.69 Å². The van der Waals surface area contributed by atoms with Gasteiger partial charge in [0.05, 0.1) is 11.6 Å². The summed E-state index contributed by atoms with van der Waals surface area (Å²) in [6.45, 7) is 2.08. The minimum atomic E-state index is 0.622. The van der Waals surface area contributed by atoms with Gasteiger partial charge in [0.2, 0.25) is 0 Å². The van der Waals surface area contributed by atoms with E-state index >= 15 is 0 Å². The van der Waals surface area contributed by atoms with Gasteiger partial charge in [0.1, 0.15) is 0 Å². The van der Waals surface area contributed by atoms with E-state index in [0.717, 1.165) is 24.3 Å². The number of nitrogens with zero attached hydrogens (tertiary/aromatic N) is 2. The maximum absolute atomic E-state index is 8.90. The molecule has 88 valence electrons. The predicted molar refractivity (Wildman–Crippen MR) is 72.6 cm³/mol. The van der Waals surface area contributed by atoms with Gasteiger partial charge in [-0.1, -0.05) is 36.4 Å². The molecule has 0 spiro atoms. The monoisotopic (exact) mass is 234 g/mol. The zero-order chi connectivity index (χ0) is 12.4. The zero-order valence-corrected chi connectivity index (χ0v) is 10.1. The molecule has 0 amide bonds. The van der Waals surface area contributed by atoms with E-state index in [0.29, 0.717) is 5.92 Å². The average molecular weight is 234 g/mol. The first-order chi connectivity index (χ1) is 8.86. The molecule has 1 saturated heterocycles. The van der Waals surface area contributed by atoms with Gasteiger partial charge in [0, 0.05) is 24.7 Å². The number of hydrogen-bond donors (Lipinski definition) is 0. The Morgan fingerprint density at radius 2 is 1.78 bits per heavy atom. The molecule has 2 nitrogen and oxygen atoms in total. The normalized spacial score (nSPS) is 14.9. The molecule has 1 heterocycles. The van der Waals surface area contributed by atoms with Gasteiger partial charge >= 0.3 is 0 Å². The molecule has 2 heteroatoms. The van der Waals surface area contributed by atoms with Gasteiger partial charge in [-0.15, -0.1) is 0 Å². The van der Waals surface area contributed by atoms with Crippen LogP contribution in [0.4, 0.5) is 5.69 Å². The average Bonchev–Trinajstić information content (AvgIpc) is 2.39. The number of rotatable bonds is 2. The third-order valence-electron chi connectivity index (χ3n) is 3.49. The third-order valence-corrected chi connectivity index (χ3v) is 3.49. The molecule has 1 fully saturated rings. The molecule has 1 aliphatic heterocycles. The van der Waals surface area contributed by atoms with E-state index in [1.165, 1.54) is 5.56 Å². The summed E-state index contributed by atoms with van der Waals surface area (Å²) < 4.78 is 0. The smallest absolute Gasteiger partial charge is 0.0992 e. The third kappa shape index (κ3) is 1.96. The molecule has 0 aromatic heterocycles. The van der Waals surface area contributed by atoms with E-state index < -0.39 is 0 Å². The van der Waals surface area contributed by atoms with Gasteiger partial charge in [-0.25, -0.2) is 0 Å². The van der Waals surface area contributed by atoms with Crippen molar-refractivity contribution in [1.82, 2.24) is 0 Å². The Bertz CT molecular complexity index is 578. The van der Waals surface area contributed by atoms with Crippen LogP contribution in [0.3, 0.4) is 0 Å². The number of benzene rings is 2. The highest BCUT2D eigenvalue weighted by molar-refractivity contribution is 5.54. The van der Waals surface area contributed by atoms with Crippen molar-refractivity contribution in [3.63, 3.8) is 0 Å². The first kappa shape index (κ1) is 10.9. The second kappa shape index (κ2) is 4.54. The summed E-state index contributed by atoms with van der Waals surface area (Å²) in [6.07, 6.45) is 0. The molecule has 18 heavy (non-hydrogen) atoms. The van der Waals surface area contributed by atoms with Gasteiger partial charge in [-0.3, -0.25) is 0 Å². The lowest BCUT2D eigenvalue weighted by molar-refractivity contribution is 0.525. The van der Waals surface area contributed by atoms with E-state index in [9.17, 15) is 0 Å². The maximum atomic E-state index is 8.90. The van der Waals surface area contributed by atoms with Crippen molar-refractivity contribution in [1.29, 1.82) is 5.26 Å². The van der Waals surface area contributed by atoms with Crippen LogP contribution in [-0.4, -0.2) is 13.1 Å². The summed E-state index contributed by atoms with van der Waals surface area (Å²) in [7, 11) is 0. The topological polar surface area (TPSA) is 27.0 Å². The molecule has 0 bridgehead atoms. The Kier molecular flexibility index (Phi) is 2.74. The molecule has 0 N–H and O–H groups in total. The van der Waals surface area contributed by atoms with Crippen molar-refractivity contribution in [2.45, 2.75) is 5.92 Å². The molecule has 2 aromatic rings. The summed E-state index contributed by atoms with van der Waals surface area (Å²) in [5.74, 6) is 0.622. The molecule has 3 rings (SSSR count). The Morgan fingerprint density at radius 3 is 2.50 bits per heavy atom. The molecule has 0 radical (unpaired) electrons. The highest BCUT2D eigenvalue weighted by atomic mass is 15.2. The number of nitriles is 1. The first-order valence-corrected chi connectivity index (χ1v) is 6.17. The fourth-order valence-corrected chi connectivity index (χ4v) is 2.40. The van der Waals surface area contributed by atoms with E-state index in [2.05, 4.69) is 47.4 Å². The first-order valence-electron chi connectivity index (χ1n) is 6.17. The highest BCUT2D eigenvalue weighted by Gasteiger charge is 2.27. The predicted octanol–water partition coefficient (Wildman–Crippen LogP) is 3.16. The lowest BCUT2D eigenvalue weighted by Gasteiger charge is -2.41. The van der Waals surface area contributed by atoms with Crippen LogP contribution in [-0.2, 0) is 0 Å². The van der Waals surface area contributed by atoms with Crippen molar-refractivity contribution in [2.24, 2.45) is 0 Å². The summed E-state index contributed by atoms with van der Waals surface area (Å²) in [6, 6.07) is 20.6. The van der Waals surface area contributed by atoms with E-state index in [4.69, 9.17) is 5.26 Å². The Balaban J connectivity index is 1.70. The quantitative estimate of drug-likeness (QED) is 0.798. The maximum Gasteiger partial charge on any atom is 0.0992 e. The minimum Gasteiger partial charge on any atom is -0.370 e. The van der Waals surface area contributed by atoms with Crippen LogP contribution in [0.15, 0.2) is 54.6 Å². The fourth-order valence-electron chi connectivity index (χ4n) is 2.40. The fraction of sp³-hybridized carbons (Fsp3) is 0.188.